The molecule has 0 aliphatic carbocycles. The number of unbranched alkanes of at least 4 members (excludes halogenated alkanes) is 4. The summed E-state index contributed by atoms with van der Waals surface area (Å²) in [5.74, 6) is -4.07. The van der Waals surface area contributed by atoms with Crippen molar-refractivity contribution in [3.05, 3.63) is 0 Å². The van der Waals surface area contributed by atoms with Gasteiger partial charge in [0, 0.05) is 52.1 Å². The molecular formula is C76H138N10O42. The molecule has 30 N–H and O–H groups in total. The van der Waals surface area contributed by atoms with Crippen LogP contribution in [-0.2, 0) is 95.2 Å². The van der Waals surface area contributed by atoms with Crippen LogP contribution >= 0.6 is 0 Å². The molecule has 52 heteroatoms. The van der Waals surface area contributed by atoms with Gasteiger partial charge in [-0.25, -0.2) is 0 Å². The van der Waals surface area contributed by atoms with Gasteiger partial charge in [-0.05, 0) is 66.2 Å². The van der Waals surface area contributed by atoms with Gasteiger partial charge in [0.25, 0.3) is 0 Å². The zero-order valence-corrected chi connectivity index (χ0v) is 72.0. The highest BCUT2D eigenvalue weighted by molar-refractivity contribution is 5.85. The van der Waals surface area contributed by atoms with Gasteiger partial charge in [-0.1, -0.05) is 12.8 Å². The first-order valence-electron chi connectivity index (χ1n) is 42.8. The Kier molecular flexibility index (Phi) is 52.1. The summed E-state index contributed by atoms with van der Waals surface area (Å²) in [6.45, 7) is -0.106. The van der Waals surface area contributed by atoms with Crippen LogP contribution < -0.4 is 42.5 Å². The van der Waals surface area contributed by atoms with E-state index in [2.05, 4.69) is 42.5 Å². The number of ether oxygens (including phenoxy) is 12. The molecule has 0 spiro atoms. The normalized spacial score (nSPS) is 33.6. The van der Waals surface area contributed by atoms with E-state index in [9.17, 15) is 151 Å². The first-order valence-corrected chi connectivity index (χ1v) is 42.8. The Bertz CT molecular complexity index is 3010. The second-order valence-corrected chi connectivity index (χ2v) is 31.6. The third-order valence-corrected chi connectivity index (χ3v) is 21.3. The molecular weight excluding hydrogens is 1720 g/mol. The molecule has 0 bridgehead atoms. The van der Waals surface area contributed by atoms with Crippen LogP contribution in [0.25, 0.3) is 0 Å². The zero-order chi connectivity index (χ0) is 95.0. The van der Waals surface area contributed by atoms with Crippen LogP contribution in [0.5, 0.6) is 0 Å². The van der Waals surface area contributed by atoms with Gasteiger partial charge in [0.05, 0.1) is 130 Å². The van der Waals surface area contributed by atoms with Crippen LogP contribution in [-0.4, -0.2) is 510 Å². The van der Waals surface area contributed by atoms with Crippen LogP contribution in [0.15, 0.2) is 0 Å². The minimum Gasteiger partial charge on any atom is -0.394 e. The summed E-state index contributed by atoms with van der Waals surface area (Å²) in [5, 5.41) is 243. The first-order chi connectivity index (χ1) is 60.8. The molecule has 32 atom stereocenters. The van der Waals surface area contributed by atoms with Crippen molar-refractivity contribution < 1.29 is 208 Å². The Labute approximate surface area is 737 Å². The second kappa shape index (κ2) is 59.1. The van der Waals surface area contributed by atoms with Crippen molar-refractivity contribution in [2.45, 2.75) is 288 Å². The van der Waals surface area contributed by atoms with E-state index in [4.69, 9.17) is 56.8 Å². The van der Waals surface area contributed by atoms with Crippen LogP contribution in [0.2, 0.25) is 0 Å². The van der Waals surface area contributed by atoms with Crippen molar-refractivity contribution in [2.75, 3.05) is 145 Å². The Morgan fingerprint density at radius 1 is 0.281 bits per heavy atom. The molecule has 0 aromatic heterocycles. The SMILES string of the molecule is CCNC(=O)CCCCCNC(=O)CN(CC(=O)NCCO[C@@H]1O[C@@H](C)[C@@H](O)[C@@H](O)[C@@H]1O)CC(=O)NC(CCO[C@H]1O[C@H](CO)[C@@H](O)[C@H](O)[C@@H]1O)CO[C@H]1O[C@H](CO)[C@@H](O)[C@H](O)[C@@H]1O.CCNC(=O)CCCCCNC(=O)CN(CC(=O)NCCO[C@@H]1O[C@@H](C)[C@@H](O)[C@@H](O)[C@@H]1O)CC(=O)NC(CCO[C@H]1O[C@H](CO)[C@@H](O)[C@H](O)[C@@H]1O)CO[C@H]1O[C@H](CO)[C@@H](O)[C@H](O)[C@@H]1O. The number of rotatable bonds is 54. The van der Waals surface area contributed by atoms with E-state index < -0.39 is 311 Å². The number of carbonyl (C=O) groups excluding carboxylic acids is 8. The second-order valence-electron chi connectivity index (χ2n) is 31.6. The minimum absolute atomic E-state index is 0.0811. The van der Waals surface area contributed by atoms with E-state index in [0.29, 0.717) is 64.5 Å². The van der Waals surface area contributed by atoms with Gasteiger partial charge in [0.1, 0.15) is 134 Å². The quantitative estimate of drug-likeness (QED) is 0.0251. The number of aliphatic hydroxyl groups excluding tert-OH is 22. The van der Waals surface area contributed by atoms with E-state index in [-0.39, 0.29) is 77.3 Å². The van der Waals surface area contributed by atoms with E-state index in [1.54, 1.807) is 0 Å². The average Bonchev–Trinajstić information content (AvgIpc) is 0.794. The molecule has 0 aromatic carbocycles. The molecule has 0 radical (unpaired) electrons. The lowest BCUT2D eigenvalue weighted by atomic mass is 9.99. The average molecular weight is 1860 g/mol. The van der Waals surface area contributed by atoms with Crippen LogP contribution in [0, 0.1) is 0 Å². The highest BCUT2D eigenvalue weighted by Gasteiger charge is 2.50. The molecule has 0 aromatic rings. The zero-order valence-electron chi connectivity index (χ0n) is 72.0. The van der Waals surface area contributed by atoms with Gasteiger partial charge in [0.2, 0.25) is 47.3 Å². The molecule has 744 valence electrons. The van der Waals surface area contributed by atoms with E-state index in [1.807, 2.05) is 13.8 Å². The summed E-state index contributed by atoms with van der Waals surface area (Å²) in [4.78, 5) is 105. The molecule has 6 heterocycles. The molecule has 8 amide bonds. The molecule has 52 nitrogen and oxygen atoms in total. The fourth-order valence-corrected chi connectivity index (χ4v) is 13.8. The monoisotopic (exact) mass is 1860 g/mol. The molecule has 128 heavy (non-hydrogen) atoms. The molecule has 6 fully saturated rings. The fourth-order valence-electron chi connectivity index (χ4n) is 13.8. The Hall–Kier alpha value is -5.68. The van der Waals surface area contributed by atoms with Crippen LogP contribution in [0.1, 0.15) is 91.9 Å². The van der Waals surface area contributed by atoms with Gasteiger partial charge in [-0.15, -0.1) is 0 Å². The van der Waals surface area contributed by atoms with Gasteiger partial charge in [-0.2, -0.15) is 0 Å². The van der Waals surface area contributed by atoms with Crippen molar-refractivity contribution in [1.29, 1.82) is 0 Å². The number of carbonyl (C=O) groups is 8. The topological polar surface area (TPSA) is 795 Å². The summed E-state index contributed by atoms with van der Waals surface area (Å²) in [5.41, 5.74) is 0. The fraction of sp³-hybridized carbons (Fsp3) is 0.895. The molecule has 2 unspecified atom stereocenters. The standard InChI is InChI=1S/2C38H69N5O21/c2*1-3-39-23(46)7-5-4-6-9-40-24(47)13-43(14-25(48)41-10-12-60-36-33(56)30(53)27(50)19(2)62-36)15-26(49)42-20(18-61-38-35(58)32(55)29(52)22(17-45)64-38)8-11-59-37-34(57)31(54)28(51)21(16-44)63-37/h2*19-22,27-38,44-45,50-58H,3-18H2,1-2H3,(H,39,46)(H,40,47)(H,41,48)(H,42,49)/t2*19-,20?,21+,22+,27+,28+,29+,30+,31-,32-,33-,34-,35-,36+,37-,38-/m00/s1. The Morgan fingerprint density at radius 2 is 0.531 bits per heavy atom. The van der Waals surface area contributed by atoms with E-state index in [0.717, 1.165) is 0 Å². The lowest BCUT2D eigenvalue weighted by Gasteiger charge is -2.40. The number of hydrogen-bond donors (Lipinski definition) is 30. The van der Waals surface area contributed by atoms with Gasteiger partial charge >= 0.3 is 0 Å². The summed E-state index contributed by atoms with van der Waals surface area (Å²) in [6, 6.07) is -2.10. The summed E-state index contributed by atoms with van der Waals surface area (Å²) >= 11 is 0. The Morgan fingerprint density at radius 3 is 0.812 bits per heavy atom. The smallest absolute Gasteiger partial charge is 0.234 e. The van der Waals surface area contributed by atoms with Crippen LogP contribution in [0.4, 0.5) is 0 Å². The predicted octanol–water partition coefficient (Wildman–Crippen LogP) is -16.9. The lowest BCUT2D eigenvalue weighted by molar-refractivity contribution is -0.304. The molecule has 6 saturated heterocycles. The molecule has 6 rings (SSSR count). The number of hydrogen-bond acceptors (Lipinski definition) is 44. The highest BCUT2D eigenvalue weighted by Crippen LogP contribution is 2.29. The van der Waals surface area contributed by atoms with Gasteiger partial charge in [-0.3, -0.25) is 48.2 Å². The lowest BCUT2D eigenvalue weighted by Crippen LogP contribution is -2.60. The largest absolute Gasteiger partial charge is 0.394 e. The molecule has 0 saturated carbocycles. The number of aliphatic hydroxyl groups is 22. The van der Waals surface area contributed by atoms with E-state index >= 15 is 0 Å². The van der Waals surface area contributed by atoms with Crippen molar-refractivity contribution in [2.24, 2.45) is 0 Å². The summed E-state index contributed by atoms with van der Waals surface area (Å²) in [6.07, 6.45) is -41.4. The van der Waals surface area contributed by atoms with E-state index in [1.165, 1.54) is 23.6 Å². The maximum atomic E-state index is 13.6. The number of nitrogens with one attached hydrogen (secondary N) is 8. The van der Waals surface area contributed by atoms with Crippen molar-refractivity contribution in [1.82, 2.24) is 52.3 Å². The molecule has 6 aliphatic rings. The third-order valence-electron chi connectivity index (χ3n) is 21.3. The van der Waals surface area contributed by atoms with Crippen molar-refractivity contribution >= 4 is 47.3 Å². The van der Waals surface area contributed by atoms with Crippen molar-refractivity contribution in [3.63, 3.8) is 0 Å². The number of amides is 8. The summed E-state index contributed by atoms with van der Waals surface area (Å²) in [7, 11) is 0. The minimum atomic E-state index is -1.79. The first kappa shape index (κ1) is 113. The maximum absolute atomic E-state index is 13.6. The Balaban J connectivity index is 0.000000454. The van der Waals surface area contributed by atoms with Crippen LogP contribution in [0.3, 0.4) is 0 Å². The van der Waals surface area contributed by atoms with Crippen molar-refractivity contribution in [3.8, 4) is 0 Å². The summed E-state index contributed by atoms with van der Waals surface area (Å²) < 4.78 is 65.6. The maximum Gasteiger partial charge on any atom is 0.234 e. The van der Waals surface area contributed by atoms with Gasteiger partial charge < -0.3 is 212 Å². The third kappa shape index (κ3) is 37.3. The predicted molar refractivity (Wildman–Crippen MR) is 428 cm³/mol. The van der Waals surface area contributed by atoms with Gasteiger partial charge in [0.15, 0.2) is 37.7 Å². The number of nitrogens with zero attached hydrogens (tertiary/aromatic N) is 2. The highest BCUT2D eigenvalue weighted by atomic mass is 16.7. The molecule has 6 aliphatic heterocycles.